The summed E-state index contributed by atoms with van der Waals surface area (Å²) in [6.45, 7) is 1.97. The Kier molecular flexibility index (Phi) is 3.13. The maximum absolute atomic E-state index is 5.65. The van der Waals surface area contributed by atoms with E-state index in [-0.39, 0.29) is 6.04 Å². The molecule has 2 aromatic rings. The molecule has 4 nitrogen and oxygen atoms in total. The van der Waals surface area contributed by atoms with Gasteiger partial charge in [-0.25, -0.2) is 0 Å². The Labute approximate surface area is 92.1 Å². The summed E-state index contributed by atoms with van der Waals surface area (Å²) in [5.74, 6) is 1.32. The van der Waals surface area contributed by atoms with Gasteiger partial charge in [-0.2, -0.15) is 16.3 Å². The highest BCUT2D eigenvalue weighted by Crippen LogP contribution is 2.18. The first-order valence-corrected chi connectivity index (χ1v) is 5.80. The molecule has 0 amide bonds. The van der Waals surface area contributed by atoms with Gasteiger partial charge < -0.3 is 10.3 Å². The van der Waals surface area contributed by atoms with Gasteiger partial charge in [0.25, 0.3) is 0 Å². The van der Waals surface area contributed by atoms with Crippen LogP contribution in [0.25, 0.3) is 11.4 Å². The van der Waals surface area contributed by atoms with Crippen molar-refractivity contribution >= 4 is 11.3 Å². The highest BCUT2D eigenvalue weighted by atomic mass is 32.1. The van der Waals surface area contributed by atoms with Gasteiger partial charge in [-0.1, -0.05) is 5.16 Å². The molecule has 0 radical (unpaired) electrons. The lowest BCUT2D eigenvalue weighted by molar-refractivity contribution is 0.372. The molecule has 5 heteroatoms. The van der Waals surface area contributed by atoms with Crippen molar-refractivity contribution in [3.05, 3.63) is 22.7 Å². The van der Waals surface area contributed by atoms with Crippen LogP contribution in [-0.4, -0.2) is 16.2 Å². The molecule has 2 N–H and O–H groups in total. The van der Waals surface area contributed by atoms with Crippen LogP contribution in [0.15, 0.2) is 21.3 Å². The number of aryl methyl sites for hydroxylation is 1. The van der Waals surface area contributed by atoms with Crippen molar-refractivity contribution in [2.24, 2.45) is 5.73 Å². The third-order valence-electron chi connectivity index (χ3n) is 2.06. The monoisotopic (exact) mass is 223 g/mol. The average molecular weight is 223 g/mol. The zero-order valence-electron chi connectivity index (χ0n) is 8.51. The lowest BCUT2D eigenvalue weighted by atomic mass is 10.2. The fourth-order valence-corrected chi connectivity index (χ4v) is 1.85. The van der Waals surface area contributed by atoms with Crippen LogP contribution in [0, 0.1) is 0 Å². The van der Waals surface area contributed by atoms with E-state index >= 15 is 0 Å². The number of hydrogen-bond donors (Lipinski definition) is 1. The molecule has 0 saturated heterocycles. The van der Waals surface area contributed by atoms with Crippen molar-refractivity contribution in [1.82, 2.24) is 10.1 Å². The third kappa shape index (κ3) is 2.64. The van der Waals surface area contributed by atoms with E-state index in [4.69, 9.17) is 10.3 Å². The maximum Gasteiger partial charge on any atom is 0.227 e. The van der Waals surface area contributed by atoms with E-state index in [1.54, 1.807) is 11.3 Å². The van der Waals surface area contributed by atoms with Crippen molar-refractivity contribution in [3.8, 4) is 11.4 Å². The lowest BCUT2D eigenvalue weighted by Crippen LogP contribution is -2.15. The molecule has 0 aliphatic rings. The third-order valence-corrected chi connectivity index (χ3v) is 2.74. The summed E-state index contributed by atoms with van der Waals surface area (Å²) in [5, 5.41) is 7.91. The second kappa shape index (κ2) is 4.55. The van der Waals surface area contributed by atoms with Crippen LogP contribution in [-0.2, 0) is 6.42 Å². The molecule has 0 aliphatic carbocycles. The molecule has 0 aromatic carbocycles. The molecular weight excluding hydrogens is 210 g/mol. The van der Waals surface area contributed by atoms with Crippen LogP contribution in [0.4, 0.5) is 0 Å². The van der Waals surface area contributed by atoms with E-state index in [9.17, 15) is 0 Å². The second-order valence-electron chi connectivity index (χ2n) is 3.54. The molecule has 0 aliphatic heterocycles. The van der Waals surface area contributed by atoms with Crippen molar-refractivity contribution in [2.45, 2.75) is 25.8 Å². The first kappa shape index (κ1) is 10.3. The largest absolute Gasteiger partial charge is 0.339 e. The molecule has 15 heavy (non-hydrogen) atoms. The molecule has 0 spiro atoms. The summed E-state index contributed by atoms with van der Waals surface area (Å²) < 4.78 is 5.13. The first-order valence-electron chi connectivity index (χ1n) is 4.86. The Bertz CT molecular complexity index is 408. The molecule has 1 atom stereocenters. The van der Waals surface area contributed by atoms with Crippen LogP contribution >= 0.6 is 11.3 Å². The molecule has 0 bridgehead atoms. The number of aromatic nitrogens is 2. The van der Waals surface area contributed by atoms with Crippen molar-refractivity contribution in [1.29, 1.82) is 0 Å². The molecule has 1 unspecified atom stereocenters. The van der Waals surface area contributed by atoms with Gasteiger partial charge in [0.2, 0.25) is 11.7 Å². The van der Waals surface area contributed by atoms with E-state index in [0.717, 1.165) is 18.4 Å². The van der Waals surface area contributed by atoms with Crippen LogP contribution in [0.1, 0.15) is 19.2 Å². The minimum Gasteiger partial charge on any atom is -0.339 e. The first-order chi connectivity index (χ1) is 7.25. The van der Waals surface area contributed by atoms with Gasteiger partial charge in [0.1, 0.15) is 0 Å². The van der Waals surface area contributed by atoms with Gasteiger partial charge in [0, 0.05) is 23.4 Å². The molecule has 80 valence electrons. The zero-order chi connectivity index (χ0) is 10.7. The zero-order valence-corrected chi connectivity index (χ0v) is 9.33. The van der Waals surface area contributed by atoms with Gasteiger partial charge in [-0.15, -0.1) is 0 Å². The normalized spacial score (nSPS) is 12.9. The molecule has 0 saturated carbocycles. The number of rotatable bonds is 4. The fourth-order valence-electron chi connectivity index (χ4n) is 1.22. The number of hydrogen-bond acceptors (Lipinski definition) is 5. The Hall–Kier alpha value is -1.20. The highest BCUT2D eigenvalue weighted by molar-refractivity contribution is 7.08. The summed E-state index contributed by atoms with van der Waals surface area (Å²) >= 11 is 1.62. The smallest absolute Gasteiger partial charge is 0.227 e. The van der Waals surface area contributed by atoms with Crippen molar-refractivity contribution in [2.75, 3.05) is 0 Å². The van der Waals surface area contributed by atoms with E-state index in [1.165, 1.54) is 0 Å². The summed E-state index contributed by atoms with van der Waals surface area (Å²) in [6.07, 6.45) is 1.61. The standard InChI is InChI=1S/C10H13N3OS/c1-7(11)2-3-9-12-10(13-14-9)8-4-5-15-6-8/h4-7H,2-3,11H2,1H3. The predicted octanol–water partition coefficient (Wildman–Crippen LogP) is 2.08. The molecular formula is C10H13N3OS. The number of nitrogens with two attached hydrogens (primary N) is 1. The highest BCUT2D eigenvalue weighted by Gasteiger charge is 2.08. The minimum absolute atomic E-state index is 0.168. The van der Waals surface area contributed by atoms with Gasteiger partial charge >= 0.3 is 0 Å². The molecule has 2 aromatic heterocycles. The van der Waals surface area contributed by atoms with Gasteiger partial charge in [0.15, 0.2) is 0 Å². The van der Waals surface area contributed by atoms with E-state index in [0.29, 0.717) is 11.7 Å². The fraction of sp³-hybridized carbons (Fsp3) is 0.400. The second-order valence-corrected chi connectivity index (χ2v) is 4.32. The Balaban J connectivity index is 2.04. The average Bonchev–Trinajstić information content (AvgIpc) is 2.85. The molecule has 0 fully saturated rings. The Morgan fingerprint density at radius 3 is 3.13 bits per heavy atom. The van der Waals surface area contributed by atoms with E-state index in [1.807, 2.05) is 23.8 Å². The topological polar surface area (TPSA) is 64.9 Å². The van der Waals surface area contributed by atoms with Crippen LogP contribution in [0.3, 0.4) is 0 Å². The van der Waals surface area contributed by atoms with Crippen LogP contribution < -0.4 is 5.73 Å². The van der Waals surface area contributed by atoms with Crippen molar-refractivity contribution < 1.29 is 4.52 Å². The maximum atomic E-state index is 5.65. The van der Waals surface area contributed by atoms with Crippen LogP contribution in [0.5, 0.6) is 0 Å². The summed E-state index contributed by atoms with van der Waals surface area (Å²) in [6, 6.07) is 2.15. The predicted molar refractivity (Wildman–Crippen MR) is 59.6 cm³/mol. The van der Waals surface area contributed by atoms with E-state index in [2.05, 4.69) is 10.1 Å². The van der Waals surface area contributed by atoms with Gasteiger partial charge in [0.05, 0.1) is 0 Å². The minimum atomic E-state index is 0.168. The van der Waals surface area contributed by atoms with Gasteiger partial charge in [-0.3, -0.25) is 0 Å². The summed E-state index contributed by atoms with van der Waals surface area (Å²) in [5.41, 5.74) is 6.66. The molecule has 2 heterocycles. The van der Waals surface area contributed by atoms with Gasteiger partial charge in [-0.05, 0) is 24.8 Å². The SMILES string of the molecule is CC(N)CCc1nc(-c2ccsc2)no1. The summed E-state index contributed by atoms with van der Waals surface area (Å²) in [4.78, 5) is 4.30. The van der Waals surface area contributed by atoms with Crippen molar-refractivity contribution in [3.63, 3.8) is 0 Å². The lowest BCUT2D eigenvalue weighted by Gasteiger charge is -1.99. The Morgan fingerprint density at radius 2 is 2.47 bits per heavy atom. The summed E-state index contributed by atoms with van der Waals surface area (Å²) in [7, 11) is 0. The number of thiophene rings is 1. The molecule has 2 rings (SSSR count). The quantitative estimate of drug-likeness (QED) is 0.861. The van der Waals surface area contributed by atoms with Crippen LogP contribution in [0.2, 0.25) is 0 Å². The number of nitrogens with zero attached hydrogens (tertiary/aromatic N) is 2. The Morgan fingerprint density at radius 1 is 1.60 bits per heavy atom. The van der Waals surface area contributed by atoms with E-state index < -0.39 is 0 Å².